The molecule has 0 amide bonds. The average molecular weight is 430 g/mol. The fraction of sp³-hybridized carbons (Fsp3) is 0.700. The molecule has 0 unspecified atom stereocenters. The lowest BCUT2D eigenvalue weighted by Gasteiger charge is -2.25. The van der Waals surface area contributed by atoms with E-state index in [2.05, 4.69) is 4.74 Å². The van der Waals surface area contributed by atoms with Crippen LogP contribution in [0.2, 0.25) is 0 Å². The Morgan fingerprint density at radius 3 is 1.47 bits per heavy atom. The minimum Gasteiger partial charge on any atom is -0.481 e. The van der Waals surface area contributed by atoms with Crippen LogP contribution in [0.25, 0.3) is 0 Å². The number of hydrogen-bond donors (Lipinski definition) is 2. The van der Waals surface area contributed by atoms with Crippen molar-refractivity contribution in [3.8, 4) is 0 Å². The van der Waals surface area contributed by atoms with E-state index in [1.807, 2.05) is 0 Å². The van der Waals surface area contributed by atoms with E-state index in [4.69, 9.17) is 14.9 Å². The molecule has 0 aromatic rings. The van der Waals surface area contributed by atoms with E-state index in [1.165, 1.54) is 27.7 Å². The summed E-state index contributed by atoms with van der Waals surface area (Å²) >= 11 is 0. The summed E-state index contributed by atoms with van der Waals surface area (Å²) in [6, 6.07) is 0. The molecule has 170 valence electrons. The summed E-state index contributed by atoms with van der Waals surface area (Å²) in [5.41, 5.74) is -2.79. The van der Waals surface area contributed by atoms with Gasteiger partial charge in [-0.15, -0.1) is 0 Å². The van der Waals surface area contributed by atoms with E-state index in [0.717, 1.165) is 0 Å². The molecule has 30 heavy (non-hydrogen) atoms. The van der Waals surface area contributed by atoms with Gasteiger partial charge >= 0.3 is 35.8 Å². The number of carbonyl (C=O) groups is 6. The van der Waals surface area contributed by atoms with Crippen LogP contribution in [0.15, 0.2) is 0 Å². The molecule has 1 saturated heterocycles. The van der Waals surface area contributed by atoms with E-state index < -0.39 is 52.1 Å². The maximum Gasteiger partial charge on any atom is 0.319 e. The lowest BCUT2D eigenvalue weighted by Crippen LogP contribution is -2.35. The Kier molecular flexibility index (Phi) is 9.35. The summed E-state index contributed by atoms with van der Waals surface area (Å²) in [5, 5.41) is 17.2. The van der Waals surface area contributed by atoms with Gasteiger partial charge in [0.05, 0.1) is 22.7 Å². The zero-order chi connectivity index (χ0) is 23.9. The minimum absolute atomic E-state index is 0.0456. The molecule has 0 radical (unpaired) electrons. The van der Waals surface area contributed by atoms with Crippen molar-refractivity contribution in [1.29, 1.82) is 0 Å². The zero-order valence-electron chi connectivity index (χ0n) is 18.2. The Morgan fingerprint density at radius 1 is 0.900 bits per heavy atom. The van der Waals surface area contributed by atoms with Crippen LogP contribution >= 0.6 is 0 Å². The monoisotopic (exact) mass is 430 g/mol. The molecule has 1 aliphatic heterocycles. The topological polar surface area (TPSA) is 161 Å². The van der Waals surface area contributed by atoms with Crippen LogP contribution in [0.3, 0.4) is 0 Å². The van der Waals surface area contributed by atoms with Crippen LogP contribution in [0.5, 0.6) is 0 Å². The molecule has 0 aromatic heterocycles. The summed E-state index contributed by atoms with van der Waals surface area (Å²) in [5.74, 6) is -4.51. The van der Waals surface area contributed by atoms with Gasteiger partial charge in [0, 0.05) is 12.8 Å². The van der Waals surface area contributed by atoms with Crippen LogP contribution in [-0.2, 0) is 38.2 Å². The van der Waals surface area contributed by atoms with E-state index in [9.17, 15) is 28.8 Å². The number of esters is 4. The Balaban J connectivity index is 0.000000769. The van der Waals surface area contributed by atoms with Crippen molar-refractivity contribution in [2.45, 2.75) is 73.6 Å². The first-order chi connectivity index (χ1) is 13.4. The molecule has 0 aromatic carbocycles. The first kappa shape index (κ1) is 27.2. The molecule has 0 bridgehead atoms. The fourth-order valence-corrected chi connectivity index (χ4v) is 2.11. The van der Waals surface area contributed by atoms with Crippen molar-refractivity contribution in [2.75, 3.05) is 0 Å². The first-order valence-corrected chi connectivity index (χ1v) is 9.36. The van der Waals surface area contributed by atoms with Gasteiger partial charge < -0.3 is 19.7 Å². The second-order valence-corrected chi connectivity index (χ2v) is 9.05. The molecular formula is C20H30O10. The highest BCUT2D eigenvalue weighted by atomic mass is 16.6. The first-order valence-electron chi connectivity index (χ1n) is 9.36. The number of carbonyl (C=O) groups excluding carboxylic acids is 4. The maximum absolute atomic E-state index is 11.9. The van der Waals surface area contributed by atoms with Gasteiger partial charge in [0.25, 0.3) is 0 Å². The van der Waals surface area contributed by atoms with E-state index in [0.29, 0.717) is 0 Å². The number of rotatable bonds is 8. The van der Waals surface area contributed by atoms with E-state index in [-0.39, 0.29) is 32.1 Å². The normalized spacial score (nSPS) is 15.5. The summed E-state index contributed by atoms with van der Waals surface area (Å²) in [4.78, 5) is 66.0. The van der Waals surface area contributed by atoms with Crippen molar-refractivity contribution >= 4 is 35.8 Å². The molecule has 0 spiro atoms. The number of carboxylic acids is 2. The molecule has 0 saturated carbocycles. The Bertz CT molecular complexity index is 675. The quantitative estimate of drug-likeness (QED) is 0.432. The van der Waals surface area contributed by atoms with Crippen molar-refractivity contribution in [3.05, 3.63) is 0 Å². The molecule has 0 atom stereocenters. The van der Waals surface area contributed by atoms with Crippen LogP contribution in [0, 0.1) is 16.2 Å². The SMILES string of the molecule is CC(C)(CCC(=O)O)C(=O)OC(=O)C(C)(C)CCC(=O)O.CC1(C)CC(=O)OC1=O. The standard InChI is InChI=1S/C14H22O7.C6H8O3/c1-13(2,7-5-9(15)16)11(19)21-12(20)14(3,4)8-6-10(17)18;1-6(2)3-4(7)9-5(6)8/h5-8H2,1-4H3,(H,15,16)(H,17,18);3H2,1-2H3. The predicted molar refractivity (Wildman–Crippen MR) is 102 cm³/mol. The summed E-state index contributed by atoms with van der Waals surface area (Å²) in [6.45, 7) is 9.37. The Labute approximate surface area is 174 Å². The molecule has 2 N–H and O–H groups in total. The van der Waals surface area contributed by atoms with Crippen molar-refractivity contribution in [1.82, 2.24) is 0 Å². The van der Waals surface area contributed by atoms with Gasteiger partial charge in [-0.1, -0.05) is 0 Å². The molecular weight excluding hydrogens is 400 g/mol. The van der Waals surface area contributed by atoms with Crippen LogP contribution < -0.4 is 0 Å². The third-order valence-corrected chi connectivity index (χ3v) is 4.56. The number of carboxylic acid groups (broad SMARTS) is 2. The molecule has 1 aliphatic rings. The van der Waals surface area contributed by atoms with Gasteiger partial charge in [-0.25, -0.2) is 0 Å². The average Bonchev–Trinajstić information content (AvgIpc) is 2.81. The third-order valence-electron chi connectivity index (χ3n) is 4.56. The van der Waals surface area contributed by atoms with Crippen molar-refractivity contribution in [2.24, 2.45) is 16.2 Å². The molecule has 1 rings (SSSR count). The Hall–Kier alpha value is -2.78. The number of cyclic esters (lactones) is 2. The lowest BCUT2D eigenvalue weighted by atomic mass is 9.86. The lowest BCUT2D eigenvalue weighted by molar-refractivity contribution is -0.172. The smallest absolute Gasteiger partial charge is 0.319 e. The molecule has 0 aliphatic carbocycles. The molecule has 10 heteroatoms. The fourth-order valence-electron chi connectivity index (χ4n) is 2.11. The number of ether oxygens (including phenoxy) is 2. The largest absolute Gasteiger partial charge is 0.481 e. The van der Waals surface area contributed by atoms with Gasteiger partial charge in [0.15, 0.2) is 0 Å². The molecule has 1 heterocycles. The second-order valence-electron chi connectivity index (χ2n) is 9.05. The third kappa shape index (κ3) is 9.15. The van der Waals surface area contributed by atoms with Crippen molar-refractivity contribution in [3.63, 3.8) is 0 Å². The van der Waals surface area contributed by atoms with E-state index in [1.54, 1.807) is 13.8 Å². The van der Waals surface area contributed by atoms with Gasteiger partial charge in [0.1, 0.15) is 0 Å². The predicted octanol–water partition coefficient (Wildman–Crippen LogP) is 2.32. The maximum atomic E-state index is 11.9. The van der Waals surface area contributed by atoms with Crippen molar-refractivity contribution < 1.29 is 48.5 Å². The summed E-state index contributed by atoms with van der Waals surface area (Å²) in [7, 11) is 0. The van der Waals surface area contributed by atoms with Gasteiger partial charge in [-0.3, -0.25) is 28.8 Å². The molecule has 1 fully saturated rings. The highest BCUT2D eigenvalue weighted by Gasteiger charge is 2.41. The van der Waals surface area contributed by atoms with Crippen LogP contribution in [0.4, 0.5) is 0 Å². The Morgan fingerprint density at radius 2 is 1.27 bits per heavy atom. The second kappa shape index (κ2) is 10.3. The highest BCUT2D eigenvalue weighted by molar-refractivity contribution is 5.96. The highest BCUT2D eigenvalue weighted by Crippen LogP contribution is 2.29. The van der Waals surface area contributed by atoms with Crippen LogP contribution in [0.1, 0.15) is 73.6 Å². The number of hydrogen-bond acceptors (Lipinski definition) is 8. The van der Waals surface area contributed by atoms with Gasteiger partial charge in [-0.05, 0) is 54.4 Å². The van der Waals surface area contributed by atoms with Gasteiger partial charge in [-0.2, -0.15) is 0 Å². The van der Waals surface area contributed by atoms with Crippen LogP contribution in [-0.4, -0.2) is 46.0 Å². The number of aliphatic carboxylic acids is 2. The van der Waals surface area contributed by atoms with Gasteiger partial charge in [0.2, 0.25) is 0 Å². The summed E-state index contributed by atoms with van der Waals surface area (Å²) < 4.78 is 9.08. The zero-order valence-corrected chi connectivity index (χ0v) is 18.2. The summed E-state index contributed by atoms with van der Waals surface area (Å²) in [6.07, 6.45) is -0.114. The molecule has 10 nitrogen and oxygen atoms in total. The van der Waals surface area contributed by atoms with E-state index >= 15 is 0 Å². The minimum atomic E-state index is -1.10.